The molecule has 0 aliphatic rings. The minimum absolute atomic E-state index is 0.193. The van der Waals surface area contributed by atoms with Gasteiger partial charge in [-0.15, -0.1) is 21.5 Å². The summed E-state index contributed by atoms with van der Waals surface area (Å²) in [7, 11) is 0. The zero-order chi connectivity index (χ0) is 12.3. The van der Waals surface area contributed by atoms with E-state index in [4.69, 9.17) is 4.42 Å². The average Bonchev–Trinajstić information content (AvgIpc) is 2.94. The maximum atomic E-state index is 5.29. The summed E-state index contributed by atoms with van der Waals surface area (Å²) in [4.78, 5) is 4.54. The largest absolute Gasteiger partial charge is 0.424 e. The summed E-state index contributed by atoms with van der Waals surface area (Å²) >= 11 is 1.70. The van der Waals surface area contributed by atoms with E-state index in [9.17, 15) is 0 Å². The van der Waals surface area contributed by atoms with Crippen LogP contribution in [0.25, 0.3) is 0 Å². The minimum atomic E-state index is 0.193. The Bertz CT molecular complexity index is 479. The van der Waals surface area contributed by atoms with Crippen LogP contribution in [0.4, 0.5) is 0 Å². The van der Waals surface area contributed by atoms with Crippen LogP contribution >= 0.6 is 11.3 Å². The van der Waals surface area contributed by atoms with E-state index in [1.165, 1.54) is 5.01 Å². The lowest BCUT2D eigenvalue weighted by Gasteiger charge is -2.08. The second-order valence-electron chi connectivity index (χ2n) is 3.84. The molecule has 2 aromatic rings. The van der Waals surface area contributed by atoms with Crippen molar-refractivity contribution in [3.8, 4) is 0 Å². The van der Waals surface area contributed by atoms with Gasteiger partial charge in [0.15, 0.2) is 0 Å². The molecule has 0 aromatic carbocycles. The number of hydrogen-bond acceptors (Lipinski definition) is 6. The third-order valence-electron chi connectivity index (χ3n) is 2.44. The summed E-state index contributed by atoms with van der Waals surface area (Å²) in [5, 5.41) is 14.3. The summed E-state index contributed by atoms with van der Waals surface area (Å²) < 4.78 is 5.29. The van der Waals surface area contributed by atoms with Crippen LogP contribution in [-0.2, 0) is 13.0 Å². The quantitative estimate of drug-likeness (QED) is 0.884. The second-order valence-corrected chi connectivity index (χ2v) is 4.78. The fraction of sp³-hybridized carbons (Fsp3) is 0.545. The predicted octanol–water partition coefficient (Wildman–Crippen LogP) is 2.25. The highest BCUT2D eigenvalue weighted by Crippen LogP contribution is 2.17. The lowest BCUT2D eigenvalue weighted by Crippen LogP contribution is -2.18. The molecule has 2 aromatic heterocycles. The van der Waals surface area contributed by atoms with E-state index in [1.54, 1.807) is 18.3 Å². The van der Waals surface area contributed by atoms with Gasteiger partial charge in [0.2, 0.25) is 11.8 Å². The molecular formula is C11H16N4OS. The molecule has 0 aliphatic carbocycles. The molecule has 2 rings (SSSR count). The van der Waals surface area contributed by atoms with Gasteiger partial charge >= 0.3 is 0 Å². The molecule has 17 heavy (non-hydrogen) atoms. The first kappa shape index (κ1) is 12.2. The molecule has 0 radical (unpaired) electrons. The van der Waals surface area contributed by atoms with Gasteiger partial charge in [0.25, 0.3) is 0 Å². The molecule has 0 unspecified atom stereocenters. The van der Waals surface area contributed by atoms with Gasteiger partial charge in [-0.1, -0.05) is 6.92 Å². The molecule has 0 saturated carbocycles. The summed E-state index contributed by atoms with van der Waals surface area (Å²) in [6.45, 7) is 6.55. The van der Waals surface area contributed by atoms with E-state index in [0.29, 0.717) is 18.3 Å². The van der Waals surface area contributed by atoms with E-state index in [0.717, 1.165) is 12.1 Å². The lowest BCUT2D eigenvalue weighted by atomic mass is 10.2. The van der Waals surface area contributed by atoms with Crippen molar-refractivity contribution in [2.24, 2.45) is 0 Å². The summed E-state index contributed by atoms with van der Waals surface area (Å²) in [6.07, 6.45) is 0.986. The van der Waals surface area contributed by atoms with Crippen molar-refractivity contribution in [3.05, 3.63) is 27.9 Å². The van der Waals surface area contributed by atoms with E-state index in [-0.39, 0.29) is 6.04 Å². The maximum absolute atomic E-state index is 5.29. The monoisotopic (exact) mass is 252 g/mol. The lowest BCUT2D eigenvalue weighted by molar-refractivity contribution is 0.429. The smallest absolute Gasteiger partial charge is 0.230 e. The number of aromatic nitrogens is 3. The topological polar surface area (TPSA) is 63.8 Å². The third kappa shape index (κ3) is 3.10. The van der Waals surface area contributed by atoms with Crippen molar-refractivity contribution >= 4 is 11.3 Å². The zero-order valence-corrected chi connectivity index (χ0v) is 11.0. The van der Waals surface area contributed by atoms with Crippen LogP contribution in [0.15, 0.2) is 9.80 Å². The molecular weight excluding hydrogens is 236 g/mol. The fourth-order valence-electron chi connectivity index (χ4n) is 1.44. The minimum Gasteiger partial charge on any atom is -0.424 e. The first-order valence-corrected chi connectivity index (χ1v) is 6.53. The Morgan fingerprint density at radius 3 is 2.88 bits per heavy atom. The normalized spacial score (nSPS) is 12.9. The van der Waals surface area contributed by atoms with Crippen molar-refractivity contribution < 1.29 is 4.42 Å². The van der Waals surface area contributed by atoms with Gasteiger partial charge < -0.3 is 9.73 Å². The van der Waals surface area contributed by atoms with Crippen molar-refractivity contribution in [2.45, 2.75) is 39.8 Å². The molecule has 0 aliphatic heterocycles. The van der Waals surface area contributed by atoms with Crippen LogP contribution < -0.4 is 5.32 Å². The molecule has 2 heterocycles. The van der Waals surface area contributed by atoms with E-state index in [2.05, 4.69) is 39.7 Å². The van der Waals surface area contributed by atoms with Crippen LogP contribution in [0.5, 0.6) is 0 Å². The zero-order valence-electron chi connectivity index (χ0n) is 10.2. The number of hydrogen-bond donors (Lipinski definition) is 1. The predicted molar refractivity (Wildman–Crippen MR) is 65.8 cm³/mol. The van der Waals surface area contributed by atoms with Gasteiger partial charge in [0.05, 0.1) is 17.2 Å². The number of thiazole rings is 1. The van der Waals surface area contributed by atoms with Crippen LogP contribution in [-0.4, -0.2) is 15.2 Å². The van der Waals surface area contributed by atoms with E-state index < -0.39 is 0 Å². The Labute approximate surface area is 104 Å². The van der Waals surface area contributed by atoms with Gasteiger partial charge in [0, 0.05) is 18.3 Å². The van der Waals surface area contributed by atoms with Crippen LogP contribution in [0.1, 0.15) is 42.4 Å². The first-order chi connectivity index (χ1) is 8.19. The van der Waals surface area contributed by atoms with Crippen molar-refractivity contribution in [1.82, 2.24) is 20.5 Å². The molecule has 0 saturated heterocycles. The number of nitrogens with one attached hydrogen (secondary N) is 1. The molecule has 0 bridgehead atoms. The van der Waals surface area contributed by atoms with E-state index >= 15 is 0 Å². The number of aryl methyl sites for hydroxylation is 2. The third-order valence-corrected chi connectivity index (χ3v) is 3.45. The van der Waals surface area contributed by atoms with Gasteiger partial charge in [-0.3, -0.25) is 0 Å². The summed E-state index contributed by atoms with van der Waals surface area (Å²) in [5.41, 5.74) is 1.07. The van der Waals surface area contributed by atoms with Crippen LogP contribution in [0.3, 0.4) is 0 Å². The molecule has 6 heteroatoms. The van der Waals surface area contributed by atoms with Crippen molar-refractivity contribution in [3.63, 3.8) is 0 Å². The van der Waals surface area contributed by atoms with Gasteiger partial charge in [-0.05, 0) is 13.3 Å². The Kier molecular flexibility index (Phi) is 3.86. The molecule has 1 N–H and O–H groups in total. The Hall–Kier alpha value is -1.27. The van der Waals surface area contributed by atoms with Crippen molar-refractivity contribution in [2.75, 3.05) is 0 Å². The second kappa shape index (κ2) is 5.37. The summed E-state index contributed by atoms with van der Waals surface area (Å²) in [5.74, 6) is 1.21. The number of nitrogens with zero attached hydrogens (tertiary/aromatic N) is 3. The number of rotatable bonds is 5. The Balaban J connectivity index is 1.90. The average molecular weight is 252 g/mol. The van der Waals surface area contributed by atoms with Crippen LogP contribution in [0, 0.1) is 6.92 Å². The molecule has 0 spiro atoms. The van der Waals surface area contributed by atoms with Crippen LogP contribution in [0.2, 0.25) is 0 Å². The highest BCUT2D eigenvalue weighted by molar-refractivity contribution is 7.09. The summed E-state index contributed by atoms with van der Waals surface area (Å²) in [6, 6.07) is 0.193. The first-order valence-electron chi connectivity index (χ1n) is 5.65. The molecule has 1 atom stereocenters. The standard InChI is InChI=1S/C11H16N4OS/c1-4-11-13-9(6-17-11)7(2)12-5-10-15-14-8(3)16-10/h6-7,12H,4-5H2,1-3H3/t7-/m0/s1. The Morgan fingerprint density at radius 1 is 1.47 bits per heavy atom. The van der Waals surface area contributed by atoms with E-state index in [1.807, 2.05) is 0 Å². The molecule has 92 valence electrons. The SMILES string of the molecule is CCc1nc([C@H](C)NCc2nnc(C)o2)cs1. The van der Waals surface area contributed by atoms with Gasteiger partial charge in [0.1, 0.15) is 0 Å². The molecule has 0 fully saturated rings. The highest BCUT2D eigenvalue weighted by atomic mass is 32.1. The molecule has 0 amide bonds. The molecule has 5 nitrogen and oxygen atoms in total. The van der Waals surface area contributed by atoms with Crippen molar-refractivity contribution in [1.29, 1.82) is 0 Å². The maximum Gasteiger partial charge on any atom is 0.230 e. The van der Waals surface area contributed by atoms with Gasteiger partial charge in [-0.25, -0.2) is 4.98 Å². The van der Waals surface area contributed by atoms with Gasteiger partial charge in [-0.2, -0.15) is 0 Å². The fourth-order valence-corrected chi connectivity index (χ4v) is 2.28. The highest BCUT2D eigenvalue weighted by Gasteiger charge is 2.10. The Morgan fingerprint density at radius 2 is 2.29 bits per heavy atom.